The summed E-state index contributed by atoms with van der Waals surface area (Å²) in [5.41, 5.74) is 2.24. The number of amides is 1. The summed E-state index contributed by atoms with van der Waals surface area (Å²) in [6, 6.07) is 5.97. The zero-order valence-electron chi connectivity index (χ0n) is 12.6. The van der Waals surface area contributed by atoms with Crippen molar-refractivity contribution in [2.24, 2.45) is 0 Å². The summed E-state index contributed by atoms with van der Waals surface area (Å²) in [6.45, 7) is 3.35. The van der Waals surface area contributed by atoms with Gasteiger partial charge in [0, 0.05) is 20.1 Å². The number of fused-ring (bicyclic) bond motifs is 1. The zero-order valence-corrected chi connectivity index (χ0v) is 12.6. The Hall–Kier alpha value is -1.55. The molecule has 1 unspecified atom stereocenters. The van der Waals surface area contributed by atoms with Crippen molar-refractivity contribution in [3.05, 3.63) is 29.3 Å². The van der Waals surface area contributed by atoms with Crippen molar-refractivity contribution in [2.75, 3.05) is 27.2 Å². The van der Waals surface area contributed by atoms with Gasteiger partial charge in [0.05, 0.1) is 6.54 Å². The fourth-order valence-electron chi connectivity index (χ4n) is 2.94. The lowest BCUT2D eigenvalue weighted by molar-refractivity contribution is -0.130. The molecule has 0 bridgehead atoms. The highest BCUT2D eigenvalue weighted by Gasteiger charge is 2.27. The Morgan fingerprint density at radius 2 is 2.15 bits per heavy atom. The van der Waals surface area contributed by atoms with Gasteiger partial charge in [-0.05, 0) is 43.0 Å². The predicted molar refractivity (Wildman–Crippen MR) is 79.7 cm³/mol. The smallest absolute Gasteiger partial charge is 0.236 e. The van der Waals surface area contributed by atoms with Gasteiger partial charge in [0.15, 0.2) is 0 Å². The van der Waals surface area contributed by atoms with Crippen LogP contribution in [0.3, 0.4) is 0 Å². The molecule has 1 aromatic rings. The van der Waals surface area contributed by atoms with Crippen molar-refractivity contribution in [1.29, 1.82) is 0 Å². The van der Waals surface area contributed by atoms with E-state index < -0.39 is 0 Å². The fourth-order valence-corrected chi connectivity index (χ4v) is 2.94. The minimum absolute atomic E-state index is 0.124. The molecule has 20 heavy (non-hydrogen) atoms. The molecule has 1 atom stereocenters. The molecule has 0 saturated heterocycles. The maximum Gasteiger partial charge on any atom is 0.236 e. The second-order valence-electron chi connectivity index (χ2n) is 5.60. The first-order valence-corrected chi connectivity index (χ1v) is 7.29. The largest absolute Gasteiger partial charge is 0.508 e. The standard InChI is InChI=1S/C16H24N2O2/c1-4-18(11-16(20)17(2)3)14-9-5-8-13-12(14)7-6-10-15(13)19/h6-7,10,14,19H,4-5,8-9,11H2,1-3H3. The molecule has 1 amide bonds. The molecule has 2 rings (SSSR count). The highest BCUT2D eigenvalue weighted by Crippen LogP contribution is 2.37. The van der Waals surface area contributed by atoms with Gasteiger partial charge in [-0.15, -0.1) is 0 Å². The summed E-state index contributed by atoms with van der Waals surface area (Å²) >= 11 is 0. The Labute approximate surface area is 121 Å². The van der Waals surface area contributed by atoms with Crippen LogP contribution >= 0.6 is 0 Å². The van der Waals surface area contributed by atoms with E-state index in [-0.39, 0.29) is 11.9 Å². The van der Waals surface area contributed by atoms with Crippen molar-refractivity contribution in [3.63, 3.8) is 0 Å². The zero-order chi connectivity index (χ0) is 14.7. The van der Waals surface area contributed by atoms with E-state index in [4.69, 9.17) is 0 Å². The average molecular weight is 276 g/mol. The quantitative estimate of drug-likeness (QED) is 0.916. The van der Waals surface area contributed by atoms with Crippen molar-refractivity contribution in [2.45, 2.75) is 32.2 Å². The van der Waals surface area contributed by atoms with Crippen LogP contribution in [-0.4, -0.2) is 48.0 Å². The summed E-state index contributed by atoms with van der Waals surface area (Å²) < 4.78 is 0. The lowest BCUT2D eigenvalue weighted by Crippen LogP contribution is -2.39. The second-order valence-corrected chi connectivity index (χ2v) is 5.60. The Kier molecular flexibility index (Phi) is 4.65. The van der Waals surface area contributed by atoms with Crippen molar-refractivity contribution < 1.29 is 9.90 Å². The van der Waals surface area contributed by atoms with E-state index in [1.165, 1.54) is 5.56 Å². The van der Waals surface area contributed by atoms with Gasteiger partial charge >= 0.3 is 0 Å². The topological polar surface area (TPSA) is 43.8 Å². The molecule has 0 spiro atoms. The normalized spacial score (nSPS) is 17.9. The highest BCUT2D eigenvalue weighted by molar-refractivity contribution is 5.77. The number of nitrogens with zero attached hydrogens (tertiary/aromatic N) is 2. The van der Waals surface area contributed by atoms with Crippen LogP contribution in [0, 0.1) is 0 Å². The molecule has 0 aromatic heterocycles. The Morgan fingerprint density at radius 3 is 2.80 bits per heavy atom. The first-order chi connectivity index (χ1) is 9.54. The lowest BCUT2D eigenvalue weighted by Gasteiger charge is -2.35. The van der Waals surface area contributed by atoms with E-state index in [0.717, 1.165) is 31.4 Å². The molecule has 0 heterocycles. The summed E-state index contributed by atoms with van der Waals surface area (Å²) in [5, 5.41) is 10.0. The van der Waals surface area contributed by atoms with E-state index in [1.807, 2.05) is 6.07 Å². The molecule has 0 fully saturated rings. The molecular formula is C16H24N2O2. The number of benzene rings is 1. The van der Waals surface area contributed by atoms with Gasteiger partial charge in [-0.3, -0.25) is 9.69 Å². The number of hydrogen-bond donors (Lipinski definition) is 1. The summed E-state index contributed by atoms with van der Waals surface area (Å²) in [7, 11) is 3.58. The van der Waals surface area contributed by atoms with E-state index in [9.17, 15) is 9.90 Å². The number of aromatic hydroxyl groups is 1. The fraction of sp³-hybridized carbons (Fsp3) is 0.562. The van der Waals surface area contributed by atoms with Crippen molar-refractivity contribution in [3.8, 4) is 5.75 Å². The number of carbonyl (C=O) groups excluding carboxylic acids is 1. The molecule has 1 aromatic carbocycles. The number of phenols is 1. The molecule has 0 saturated carbocycles. The number of likely N-dealkylation sites (N-methyl/N-ethyl adjacent to an activating group) is 2. The molecule has 4 heteroatoms. The molecule has 0 radical (unpaired) electrons. The predicted octanol–water partition coefficient (Wildman–Crippen LogP) is 2.18. The van der Waals surface area contributed by atoms with Crippen LogP contribution in [0.2, 0.25) is 0 Å². The Balaban J connectivity index is 2.24. The summed E-state index contributed by atoms with van der Waals surface area (Å²) in [4.78, 5) is 15.8. The van der Waals surface area contributed by atoms with Gasteiger partial charge in [-0.1, -0.05) is 19.1 Å². The SMILES string of the molecule is CCN(CC(=O)N(C)C)C1CCCc2c(O)cccc21. The van der Waals surface area contributed by atoms with E-state index in [1.54, 1.807) is 25.1 Å². The van der Waals surface area contributed by atoms with Gasteiger partial charge < -0.3 is 10.0 Å². The molecule has 1 aliphatic carbocycles. The van der Waals surface area contributed by atoms with E-state index in [0.29, 0.717) is 12.3 Å². The van der Waals surface area contributed by atoms with Crippen LogP contribution in [0.15, 0.2) is 18.2 Å². The summed E-state index contributed by atoms with van der Waals surface area (Å²) in [6.07, 6.45) is 3.03. The van der Waals surface area contributed by atoms with Crippen LogP contribution in [-0.2, 0) is 11.2 Å². The monoisotopic (exact) mass is 276 g/mol. The molecule has 1 N–H and O–H groups in total. The van der Waals surface area contributed by atoms with Crippen LogP contribution in [0.1, 0.15) is 36.9 Å². The molecule has 110 valence electrons. The first kappa shape index (κ1) is 14.9. The number of hydrogen-bond acceptors (Lipinski definition) is 3. The number of phenolic OH excluding ortho intramolecular Hbond substituents is 1. The third kappa shape index (κ3) is 2.96. The van der Waals surface area contributed by atoms with Crippen molar-refractivity contribution >= 4 is 5.91 Å². The van der Waals surface area contributed by atoms with Crippen LogP contribution in [0.4, 0.5) is 0 Å². The maximum atomic E-state index is 12.0. The molecular weight excluding hydrogens is 252 g/mol. The molecule has 1 aliphatic rings. The van der Waals surface area contributed by atoms with Crippen LogP contribution in [0.25, 0.3) is 0 Å². The van der Waals surface area contributed by atoms with Gasteiger partial charge in [0.1, 0.15) is 5.75 Å². The molecule has 4 nitrogen and oxygen atoms in total. The third-order valence-corrected chi connectivity index (χ3v) is 4.13. The van der Waals surface area contributed by atoms with Gasteiger partial charge in [-0.25, -0.2) is 0 Å². The first-order valence-electron chi connectivity index (χ1n) is 7.29. The minimum Gasteiger partial charge on any atom is -0.508 e. The minimum atomic E-state index is 0.124. The van der Waals surface area contributed by atoms with E-state index >= 15 is 0 Å². The Bertz CT molecular complexity index is 485. The lowest BCUT2D eigenvalue weighted by atomic mass is 9.86. The van der Waals surface area contributed by atoms with Crippen LogP contribution in [0.5, 0.6) is 5.75 Å². The third-order valence-electron chi connectivity index (χ3n) is 4.13. The van der Waals surface area contributed by atoms with E-state index in [2.05, 4.69) is 17.9 Å². The summed E-state index contributed by atoms with van der Waals surface area (Å²) in [5.74, 6) is 0.515. The molecule has 0 aliphatic heterocycles. The highest BCUT2D eigenvalue weighted by atomic mass is 16.3. The van der Waals surface area contributed by atoms with Gasteiger partial charge in [0.25, 0.3) is 0 Å². The number of rotatable bonds is 4. The maximum absolute atomic E-state index is 12.0. The average Bonchev–Trinajstić information content (AvgIpc) is 2.44. The Morgan fingerprint density at radius 1 is 1.40 bits per heavy atom. The van der Waals surface area contributed by atoms with Gasteiger partial charge in [0.2, 0.25) is 5.91 Å². The number of carbonyl (C=O) groups is 1. The van der Waals surface area contributed by atoms with Crippen LogP contribution < -0.4 is 0 Å². The van der Waals surface area contributed by atoms with Gasteiger partial charge in [-0.2, -0.15) is 0 Å². The second kappa shape index (κ2) is 6.27. The van der Waals surface area contributed by atoms with Crippen molar-refractivity contribution in [1.82, 2.24) is 9.80 Å².